The topological polar surface area (TPSA) is 24.1 Å². The van der Waals surface area contributed by atoms with Gasteiger partial charge in [-0.15, -0.1) is 0 Å². The number of benzene rings is 2. The Hall–Kier alpha value is -1.87. The van der Waals surface area contributed by atoms with Crippen LogP contribution in [0.3, 0.4) is 0 Å². The van der Waals surface area contributed by atoms with Crippen LogP contribution in [0.5, 0.6) is 0 Å². The molecule has 0 spiro atoms. The zero-order valence-electron chi connectivity index (χ0n) is 13.5. The Balaban J connectivity index is 1.97. The molecule has 0 unspecified atom stereocenters. The van der Waals surface area contributed by atoms with E-state index < -0.39 is 0 Å². The fourth-order valence-electron chi connectivity index (χ4n) is 2.38. The smallest absolute Gasteiger partial charge is 0.171 e. The maximum absolute atomic E-state index is 5.44. The van der Waals surface area contributed by atoms with Gasteiger partial charge in [0.15, 0.2) is 5.11 Å². The third-order valence-electron chi connectivity index (χ3n) is 3.75. The van der Waals surface area contributed by atoms with Gasteiger partial charge in [-0.2, -0.15) is 0 Å². The van der Waals surface area contributed by atoms with Crippen molar-refractivity contribution in [1.29, 1.82) is 0 Å². The molecule has 2 rings (SSSR count). The molecule has 0 radical (unpaired) electrons. The molecule has 116 valence electrons. The zero-order valence-corrected chi connectivity index (χ0v) is 14.3. The van der Waals surface area contributed by atoms with Gasteiger partial charge in [0.2, 0.25) is 0 Å². The monoisotopic (exact) mass is 312 g/mol. The first-order valence-electron chi connectivity index (χ1n) is 7.82. The summed E-state index contributed by atoms with van der Waals surface area (Å²) in [5, 5.41) is 7.31. The third kappa shape index (κ3) is 4.57. The van der Waals surface area contributed by atoms with Crippen LogP contribution in [0.25, 0.3) is 0 Å². The third-order valence-corrected chi connectivity index (χ3v) is 3.97. The Bertz CT molecular complexity index is 591. The van der Waals surface area contributed by atoms with E-state index in [-0.39, 0.29) is 6.04 Å². The highest BCUT2D eigenvalue weighted by Crippen LogP contribution is 2.18. The van der Waals surface area contributed by atoms with Crippen LogP contribution in [0.4, 0.5) is 5.69 Å². The summed E-state index contributed by atoms with van der Waals surface area (Å²) in [6, 6.07) is 19.1. The van der Waals surface area contributed by atoms with Gasteiger partial charge in [-0.05, 0) is 47.8 Å². The molecule has 0 amide bonds. The van der Waals surface area contributed by atoms with Crippen LogP contribution in [0, 0.1) is 0 Å². The molecule has 2 N–H and O–H groups in total. The summed E-state index contributed by atoms with van der Waals surface area (Å²) in [5.41, 5.74) is 3.61. The largest absolute Gasteiger partial charge is 0.356 e. The first kappa shape index (κ1) is 16.5. The lowest BCUT2D eigenvalue weighted by atomic mass is 10.0. The summed E-state index contributed by atoms with van der Waals surface area (Å²) in [6.45, 7) is 6.55. The molecule has 0 aliphatic carbocycles. The molecule has 0 saturated heterocycles. The van der Waals surface area contributed by atoms with Gasteiger partial charge in [0.05, 0.1) is 6.04 Å². The van der Waals surface area contributed by atoms with Crippen molar-refractivity contribution < 1.29 is 0 Å². The fourth-order valence-corrected chi connectivity index (χ4v) is 2.64. The Kier molecular flexibility index (Phi) is 5.96. The molecule has 0 saturated carbocycles. The van der Waals surface area contributed by atoms with Crippen molar-refractivity contribution in [2.75, 3.05) is 5.32 Å². The van der Waals surface area contributed by atoms with Gasteiger partial charge in [0.1, 0.15) is 0 Å². The molecule has 0 bridgehead atoms. The van der Waals surface area contributed by atoms with E-state index in [2.05, 4.69) is 79.9 Å². The first-order chi connectivity index (χ1) is 10.6. The van der Waals surface area contributed by atoms with E-state index in [1.165, 1.54) is 11.1 Å². The molecule has 2 aromatic carbocycles. The first-order valence-corrected chi connectivity index (χ1v) is 8.23. The molecule has 3 heteroatoms. The van der Waals surface area contributed by atoms with E-state index in [0.29, 0.717) is 11.0 Å². The van der Waals surface area contributed by atoms with E-state index in [0.717, 1.165) is 12.1 Å². The predicted octanol–water partition coefficient (Wildman–Crippen LogP) is 5.25. The molecule has 0 aromatic heterocycles. The second kappa shape index (κ2) is 7.95. The minimum Gasteiger partial charge on any atom is -0.356 e. The standard InChI is InChI=1S/C19H24N2S/c1-4-18(16-8-6-5-7-9-16)21-19(22)20-17-12-10-15(11-13-17)14(2)3/h5-14,18H,4H2,1-3H3,(H2,20,21,22)/t18-/m1/s1. The maximum Gasteiger partial charge on any atom is 0.171 e. The molecule has 22 heavy (non-hydrogen) atoms. The van der Waals surface area contributed by atoms with Crippen molar-refractivity contribution in [1.82, 2.24) is 5.32 Å². The van der Waals surface area contributed by atoms with Crippen LogP contribution < -0.4 is 10.6 Å². The van der Waals surface area contributed by atoms with Crippen molar-refractivity contribution in [3.63, 3.8) is 0 Å². The molecule has 2 nitrogen and oxygen atoms in total. The van der Waals surface area contributed by atoms with Crippen molar-refractivity contribution in [2.45, 2.75) is 39.2 Å². The molecular weight excluding hydrogens is 288 g/mol. The summed E-state index contributed by atoms with van der Waals surface area (Å²) in [5.74, 6) is 0.543. The molecule has 0 aliphatic rings. The number of hydrogen-bond acceptors (Lipinski definition) is 1. The molecule has 2 aromatic rings. The maximum atomic E-state index is 5.44. The fraction of sp³-hybridized carbons (Fsp3) is 0.316. The van der Waals surface area contributed by atoms with Crippen LogP contribution in [0.1, 0.15) is 50.3 Å². The van der Waals surface area contributed by atoms with Gasteiger partial charge in [-0.3, -0.25) is 0 Å². The minimum atomic E-state index is 0.233. The lowest BCUT2D eigenvalue weighted by Gasteiger charge is -2.20. The second-order valence-corrected chi connectivity index (χ2v) is 6.15. The van der Waals surface area contributed by atoms with Crippen LogP contribution in [-0.4, -0.2) is 5.11 Å². The molecular formula is C19H24N2S. The quantitative estimate of drug-likeness (QED) is 0.738. The predicted molar refractivity (Wildman–Crippen MR) is 99.4 cm³/mol. The minimum absolute atomic E-state index is 0.233. The molecule has 0 aliphatic heterocycles. The van der Waals surface area contributed by atoms with Gasteiger partial charge in [0, 0.05) is 5.69 Å². The van der Waals surface area contributed by atoms with E-state index in [4.69, 9.17) is 12.2 Å². The van der Waals surface area contributed by atoms with E-state index in [1.54, 1.807) is 0 Å². The van der Waals surface area contributed by atoms with Crippen molar-refractivity contribution in [2.24, 2.45) is 0 Å². The van der Waals surface area contributed by atoms with Gasteiger partial charge in [-0.1, -0.05) is 63.2 Å². The van der Waals surface area contributed by atoms with Crippen LogP contribution in [0.15, 0.2) is 54.6 Å². The van der Waals surface area contributed by atoms with E-state index >= 15 is 0 Å². The Morgan fingerprint density at radius 3 is 2.14 bits per heavy atom. The normalized spacial score (nSPS) is 12.0. The summed E-state index contributed by atoms with van der Waals surface area (Å²) in [7, 11) is 0. The van der Waals surface area contributed by atoms with Crippen LogP contribution in [-0.2, 0) is 0 Å². The van der Waals surface area contributed by atoms with Crippen LogP contribution >= 0.6 is 12.2 Å². The number of anilines is 1. The number of thiocarbonyl (C=S) groups is 1. The highest BCUT2D eigenvalue weighted by Gasteiger charge is 2.10. The summed E-state index contributed by atoms with van der Waals surface area (Å²) in [4.78, 5) is 0. The van der Waals surface area contributed by atoms with Gasteiger partial charge < -0.3 is 10.6 Å². The summed E-state index contributed by atoms with van der Waals surface area (Å²) in [6.07, 6.45) is 0.984. The Labute approximate surface area is 139 Å². The average molecular weight is 312 g/mol. The Morgan fingerprint density at radius 1 is 0.955 bits per heavy atom. The van der Waals surface area contributed by atoms with Crippen molar-refractivity contribution >= 4 is 23.0 Å². The highest BCUT2D eigenvalue weighted by molar-refractivity contribution is 7.80. The SMILES string of the molecule is CC[C@@H](NC(=S)Nc1ccc(C(C)C)cc1)c1ccccc1. The van der Waals surface area contributed by atoms with E-state index in [9.17, 15) is 0 Å². The zero-order chi connectivity index (χ0) is 15.9. The van der Waals surface area contributed by atoms with Crippen molar-refractivity contribution in [3.05, 3.63) is 65.7 Å². The molecule has 1 atom stereocenters. The highest BCUT2D eigenvalue weighted by atomic mass is 32.1. The molecule has 0 fully saturated rings. The van der Waals surface area contributed by atoms with E-state index in [1.807, 2.05) is 6.07 Å². The van der Waals surface area contributed by atoms with Gasteiger partial charge in [0.25, 0.3) is 0 Å². The Morgan fingerprint density at radius 2 is 1.59 bits per heavy atom. The lowest BCUT2D eigenvalue weighted by Crippen LogP contribution is -2.32. The number of hydrogen-bond donors (Lipinski definition) is 2. The van der Waals surface area contributed by atoms with Gasteiger partial charge in [-0.25, -0.2) is 0 Å². The lowest BCUT2D eigenvalue weighted by molar-refractivity contribution is 0.629. The van der Waals surface area contributed by atoms with Gasteiger partial charge >= 0.3 is 0 Å². The summed E-state index contributed by atoms with van der Waals surface area (Å²) < 4.78 is 0. The number of nitrogens with one attached hydrogen (secondary N) is 2. The molecule has 0 heterocycles. The second-order valence-electron chi connectivity index (χ2n) is 5.75. The number of rotatable bonds is 5. The summed E-state index contributed by atoms with van der Waals surface area (Å²) >= 11 is 5.44. The van der Waals surface area contributed by atoms with Crippen molar-refractivity contribution in [3.8, 4) is 0 Å². The average Bonchev–Trinajstić information content (AvgIpc) is 2.54. The van der Waals surface area contributed by atoms with Crippen LogP contribution in [0.2, 0.25) is 0 Å².